The molecule has 2 amide bonds. The van der Waals surface area contributed by atoms with Gasteiger partial charge in [-0.25, -0.2) is 8.42 Å². The smallest absolute Gasteiger partial charge is 0.242 e. The van der Waals surface area contributed by atoms with Crippen LogP contribution in [0.25, 0.3) is 0 Å². The number of carbonyl (C=O) groups is 2. The molecule has 210 valence electrons. The van der Waals surface area contributed by atoms with Crippen molar-refractivity contribution in [2.45, 2.75) is 58.7 Å². The highest BCUT2D eigenvalue weighted by Gasteiger charge is 2.29. The summed E-state index contributed by atoms with van der Waals surface area (Å²) in [4.78, 5) is 27.8. The number of carbonyl (C=O) groups excluding carboxylic acids is 2. The molecule has 0 bridgehead atoms. The van der Waals surface area contributed by atoms with E-state index in [0.717, 1.165) is 6.26 Å². The summed E-state index contributed by atoms with van der Waals surface area (Å²) < 4.78 is 31.4. The molecule has 2 aromatic rings. The van der Waals surface area contributed by atoms with Crippen molar-refractivity contribution in [1.29, 1.82) is 0 Å². The molecule has 38 heavy (non-hydrogen) atoms. The van der Waals surface area contributed by atoms with Gasteiger partial charge in [0.05, 0.1) is 24.1 Å². The van der Waals surface area contributed by atoms with E-state index in [4.69, 9.17) is 39.5 Å². The zero-order valence-corrected chi connectivity index (χ0v) is 25.4. The molecular formula is C26H34Cl3N3O5S. The maximum Gasteiger partial charge on any atom is 0.242 e. The van der Waals surface area contributed by atoms with Crippen LogP contribution >= 0.6 is 34.8 Å². The number of hydrogen-bond acceptors (Lipinski definition) is 5. The van der Waals surface area contributed by atoms with Gasteiger partial charge in [-0.1, -0.05) is 40.9 Å². The van der Waals surface area contributed by atoms with E-state index >= 15 is 0 Å². The second-order valence-electron chi connectivity index (χ2n) is 9.93. The van der Waals surface area contributed by atoms with Gasteiger partial charge in [0.15, 0.2) is 0 Å². The molecule has 0 heterocycles. The molecule has 12 heteroatoms. The van der Waals surface area contributed by atoms with E-state index in [2.05, 4.69) is 5.32 Å². The predicted octanol–water partition coefficient (Wildman–Crippen LogP) is 5.53. The zero-order valence-electron chi connectivity index (χ0n) is 22.3. The van der Waals surface area contributed by atoms with Crippen molar-refractivity contribution in [3.63, 3.8) is 0 Å². The van der Waals surface area contributed by atoms with Crippen LogP contribution in [0.15, 0.2) is 36.4 Å². The summed E-state index contributed by atoms with van der Waals surface area (Å²) in [5, 5.41) is 3.99. The molecule has 2 aromatic carbocycles. The maximum absolute atomic E-state index is 13.4. The summed E-state index contributed by atoms with van der Waals surface area (Å²) in [6.07, 6.45) is 1.28. The number of ether oxygens (including phenoxy) is 1. The first-order chi connectivity index (χ1) is 17.5. The number of nitrogens with zero attached hydrogens (tertiary/aromatic N) is 2. The topological polar surface area (TPSA) is 96.0 Å². The molecule has 0 spiro atoms. The zero-order chi connectivity index (χ0) is 28.8. The highest BCUT2D eigenvalue weighted by molar-refractivity contribution is 7.92. The van der Waals surface area contributed by atoms with E-state index in [0.29, 0.717) is 27.0 Å². The molecule has 0 saturated heterocycles. The summed E-state index contributed by atoms with van der Waals surface area (Å²) >= 11 is 18.6. The summed E-state index contributed by atoms with van der Waals surface area (Å²) in [6.45, 7) is 7.31. The molecule has 0 fully saturated rings. The third-order valence-electron chi connectivity index (χ3n) is 5.60. The number of methoxy groups -OCH3 is 1. The first-order valence-electron chi connectivity index (χ1n) is 11.9. The van der Waals surface area contributed by atoms with Crippen molar-refractivity contribution < 1.29 is 22.7 Å². The average Bonchev–Trinajstić information content (AvgIpc) is 2.78. The minimum Gasteiger partial charge on any atom is -0.495 e. The fraction of sp³-hybridized carbons (Fsp3) is 0.462. The Kier molecular flexibility index (Phi) is 11.2. The van der Waals surface area contributed by atoms with E-state index in [1.54, 1.807) is 37.3 Å². The average molecular weight is 607 g/mol. The SMILES string of the molecule is COc1ccc(N(CCCC(=O)N(Cc2ccc(Cl)cc2Cl)[C@@H](C)C(=O)NC(C)(C)C)S(C)(=O)=O)cc1Cl. The lowest BCUT2D eigenvalue weighted by molar-refractivity contribution is -0.141. The number of nitrogens with one attached hydrogen (secondary N) is 1. The Hall–Kier alpha value is -2.20. The lowest BCUT2D eigenvalue weighted by Gasteiger charge is -2.32. The van der Waals surface area contributed by atoms with Gasteiger partial charge in [0.2, 0.25) is 21.8 Å². The van der Waals surface area contributed by atoms with E-state index in [9.17, 15) is 18.0 Å². The number of anilines is 1. The van der Waals surface area contributed by atoms with Gasteiger partial charge < -0.3 is 15.0 Å². The van der Waals surface area contributed by atoms with Gasteiger partial charge in [-0.2, -0.15) is 0 Å². The van der Waals surface area contributed by atoms with Crippen molar-refractivity contribution in [2.24, 2.45) is 0 Å². The molecule has 0 saturated carbocycles. The fourth-order valence-corrected chi connectivity index (χ4v) is 5.38. The van der Waals surface area contributed by atoms with Gasteiger partial charge in [-0.3, -0.25) is 13.9 Å². The second-order valence-corrected chi connectivity index (χ2v) is 13.1. The highest BCUT2D eigenvalue weighted by Crippen LogP contribution is 2.30. The van der Waals surface area contributed by atoms with Crippen molar-refractivity contribution in [3.8, 4) is 5.75 Å². The minimum absolute atomic E-state index is 0.00570. The third-order valence-corrected chi connectivity index (χ3v) is 7.67. The van der Waals surface area contributed by atoms with Crippen LogP contribution in [0.1, 0.15) is 46.1 Å². The van der Waals surface area contributed by atoms with Gasteiger partial charge in [-0.05, 0) is 70.0 Å². The van der Waals surface area contributed by atoms with Crippen LogP contribution in [0.3, 0.4) is 0 Å². The Morgan fingerprint density at radius 2 is 1.71 bits per heavy atom. The van der Waals surface area contributed by atoms with Crippen LogP contribution in [0.2, 0.25) is 15.1 Å². The monoisotopic (exact) mass is 605 g/mol. The summed E-state index contributed by atoms with van der Waals surface area (Å²) in [6, 6.07) is 8.80. The lowest BCUT2D eigenvalue weighted by Crippen LogP contribution is -2.52. The van der Waals surface area contributed by atoms with Crippen molar-refractivity contribution in [1.82, 2.24) is 10.2 Å². The standard InChI is InChI=1S/C26H34Cl3N3O5S/c1-17(25(34)30-26(2,3)4)31(16-18-9-10-19(27)14-21(18)28)24(33)8-7-13-32(38(6,35)36)20-11-12-23(37-5)22(29)15-20/h9-12,14-15,17H,7-8,13,16H2,1-6H3,(H,30,34)/t17-/m0/s1. The lowest BCUT2D eigenvalue weighted by atomic mass is 10.1. The number of hydrogen-bond donors (Lipinski definition) is 1. The van der Waals surface area contributed by atoms with E-state index in [1.807, 2.05) is 20.8 Å². The Labute approximate surface area is 240 Å². The quantitative estimate of drug-likeness (QED) is 0.363. The predicted molar refractivity (Wildman–Crippen MR) is 154 cm³/mol. The highest BCUT2D eigenvalue weighted by atomic mass is 35.5. The summed E-state index contributed by atoms with van der Waals surface area (Å²) in [5.41, 5.74) is 0.493. The molecular weight excluding hydrogens is 573 g/mol. The fourth-order valence-electron chi connectivity index (χ4n) is 3.70. The summed E-state index contributed by atoms with van der Waals surface area (Å²) in [5.74, 6) is -0.228. The Morgan fingerprint density at radius 3 is 2.24 bits per heavy atom. The first-order valence-corrected chi connectivity index (χ1v) is 14.9. The molecule has 0 unspecified atom stereocenters. The maximum atomic E-state index is 13.4. The van der Waals surface area contributed by atoms with Crippen molar-refractivity contribution in [3.05, 3.63) is 57.0 Å². The molecule has 0 aliphatic carbocycles. The van der Waals surface area contributed by atoms with Crippen LogP contribution in [-0.2, 0) is 26.2 Å². The van der Waals surface area contributed by atoms with E-state index in [1.165, 1.54) is 22.4 Å². The minimum atomic E-state index is -3.67. The van der Waals surface area contributed by atoms with E-state index in [-0.39, 0.29) is 42.8 Å². The normalized spacial score (nSPS) is 12.6. The molecule has 1 atom stereocenters. The van der Waals surface area contributed by atoms with Gasteiger partial charge >= 0.3 is 0 Å². The molecule has 0 radical (unpaired) electrons. The molecule has 0 aliphatic heterocycles. The largest absolute Gasteiger partial charge is 0.495 e. The van der Waals surface area contributed by atoms with Crippen LogP contribution in [0, 0.1) is 0 Å². The van der Waals surface area contributed by atoms with Gasteiger partial charge in [0.25, 0.3) is 0 Å². The third kappa shape index (κ3) is 9.22. The van der Waals surface area contributed by atoms with Gasteiger partial charge in [0, 0.05) is 35.1 Å². The van der Waals surface area contributed by atoms with Crippen molar-refractivity contribution >= 4 is 62.3 Å². The van der Waals surface area contributed by atoms with Gasteiger partial charge in [0.1, 0.15) is 11.8 Å². The number of benzene rings is 2. The number of sulfonamides is 1. The Bertz CT molecular complexity index is 1270. The van der Waals surface area contributed by atoms with Gasteiger partial charge in [-0.15, -0.1) is 0 Å². The number of amides is 2. The van der Waals surface area contributed by atoms with E-state index < -0.39 is 21.6 Å². The first kappa shape index (κ1) is 32.0. The summed E-state index contributed by atoms with van der Waals surface area (Å²) in [7, 11) is -2.20. The van der Waals surface area contributed by atoms with Crippen LogP contribution in [0.4, 0.5) is 5.69 Å². The Morgan fingerprint density at radius 1 is 1.05 bits per heavy atom. The van der Waals surface area contributed by atoms with Crippen molar-refractivity contribution in [2.75, 3.05) is 24.2 Å². The molecule has 0 aliphatic rings. The Balaban J connectivity index is 2.25. The second kappa shape index (κ2) is 13.2. The molecule has 8 nitrogen and oxygen atoms in total. The van der Waals surface area contributed by atoms with Crippen LogP contribution < -0.4 is 14.4 Å². The molecule has 0 aromatic heterocycles. The van der Waals surface area contributed by atoms with Crippen LogP contribution in [0.5, 0.6) is 5.75 Å². The molecule has 2 rings (SSSR count). The van der Waals surface area contributed by atoms with Crippen LogP contribution in [-0.4, -0.2) is 56.6 Å². The molecule has 1 N–H and O–H groups in total. The number of rotatable bonds is 11. The number of halogens is 3.